The van der Waals surface area contributed by atoms with Crippen LogP contribution >= 0.6 is 11.8 Å². The predicted molar refractivity (Wildman–Crippen MR) is 99.4 cm³/mol. The van der Waals surface area contributed by atoms with Crippen molar-refractivity contribution in [2.45, 2.75) is 24.2 Å². The van der Waals surface area contributed by atoms with Crippen molar-refractivity contribution in [3.05, 3.63) is 77.4 Å². The van der Waals surface area contributed by atoms with Crippen molar-refractivity contribution in [2.75, 3.05) is 0 Å². The third-order valence-corrected chi connectivity index (χ3v) is 5.20. The highest BCUT2D eigenvalue weighted by atomic mass is 32.2. The first kappa shape index (κ1) is 16.7. The number of aryl methyl sites for hydroxylation is 1. The molecule has 0 aliphatic rings. The van der Waals surface area contributed by atoms with E-state index < -0.39 is 0 Å². The molecule has 0 aliphatic heterocycles. The normalized spacial score (nSPS) is 11.2. The van der Waals surface area contributed by atoms with Gasteiger partial charge in [0, 0.05) is 11.3 Å². The third-order valence-electron chi connectivity index (χ3n) is 4.17. The largest absolute Gasteiger partial charge is 0.227 e. The van der Waals surface area contributed by atoms with Gasteiger partial charge in [-0.15, -0.1) is 5.10 Å². The van der Waals surface area contributed by atoms with Crippen LogP contribution in [0.25, 0.3) is 11.2 Å². The van der Waals surface area contributed by atoms with Crippen molar-refractivity contribution in [3.63, 3.8) is 0 Å². The molecule has 26 heavy (non-hydrogen) atoms. The number of rotatable bonds is 5. The zero-order chi connectivity index (χ0) is 17.9. The number of aromatic nitrogens is 5. The summed E-state index contributed by atoms with van der Waals surface area (Å²) in [4.78, 5) is 8.64. The average molecular weight is 365 g/mol. The number of hydrogen-bond acceptors (Lipinski definition) is 5. The Labute approximate surface area is 154 Å². The van der Waals surface area contributed by atoms with Crippen molar-refractivity contribution in [1.82, 2.24) is 25.0 Å². The number of halogens is 1. The molecule has 0 radical (unpaired) electrons. The lowest BCUT2D eigenvalue weighted by atomic mass is 10.1. The lowest BCUT2D eigenvalue weighted by Gasteiger charge is -2.05. The van der Waals surface area contributed by atoms with Crippen LogP contribution in [-0.4, -0.2) is 25.0 Å². The SMILES string of the molecule is Cc1ccccc1CSc1ncnc2c1nnn2Cc1ccccc1F. The van der Waals surface area contributed by atoms with Crippen LogP contribution < -0.4 is 0 Å². The first-order valence-corrected chi connectivity index (χ1v) is 9.16. The number of nitrogens with zero attached hydrogens (tertiary/aromatic N) is 5. The quantitative estimate of drug-likeness (QED) is 0.395. The van der Waals surface area contributed by atoms with E-state index in [1.807, 2.05) is 12.1 Å². The molecule has 4 rings (SSSR count). The second-order valence-corrected chi connectivity index (χ2v) is 6.87. The van der Waals surface area contributed by atoms with Crippen molar-refractivity contribution in [3.8, 4) is 0 Å². The molecule has 0 saturated carbocycles. The summed E-state index contributed by atoms with van der Waals surface area (Å²) in [5.41, 5.74) is 4.29. The monoisotopic (exact) mass is 365 g/mol. The summed E-state index contributed by atoms with van der Waals surface area (Å²) in [7, 11) is 0. The summed E-state index contributed by atoms with van der Waals surface area (Å²) in [5, 5.41) is 9.15. The maximum Gasteiger partial charge on any atom is 0.183 e. The zero-order valence-corrected chi connectivity index (χ0v) is 14.9. The minimum Gasteiger partial charge on any atom is -0.227 e. The summed E-state index contributed by atoms with van der Waals surface area (Å²) in [6.07, 6.45) is 1.50. The molecule has 0 unspecified atom stereocenters. The van der Waals surface area contributed by atoms with Crippen LogP contribution in [0.2, 0.25) is 0 Å². The van der Waals surface area contributed by atoms with Gasteiger partial charge in [-0.05, 0) is 24.1 Å². The fourth-order valence-electron chi connectivity index (χ4n) is 2.69. The van der Waals surface area contributed by atoms with Gasteiger partial charge in [-0.1, -0.05) is 59.4 Å². The van der Waals surface area contributed by atoms with Gasteiger partial charge in [0.15, 0.2) is 11.2 Å². The molecule has 0 spiro atoms. The summed E-state index contributed by atoms with van der Waals surface area (Å²) in [6.45, 7) is 2.37. The Balaban J connectivity index is 1.61. The molecule has 0 N–H and O–H groups in total. The van der Waals surface area contributed by atoms with Gasteiger partial charge in [0.25, 0.3) is 0 Å². The minimum atomic E-state index is -0.264. The van der Waals surface area contributed by atoms with E-state index >= 15 is 0 Å². The Morgan fingerprint density at radius 2 is 1.77 bits per heavy atom. The van der Waals surface area contributed by atoms with Crippen molar-refractivity contribution >= 4 is 22.9 Å². The minimum absolute atomic E-state index is 0.264. The van der Waals surface area contributed by atoms with Gasteiger partial charge in [-0.25, -0.2) is 19.0 Å². The van der Waals surface area contributed by atoms with Crippen LogP contribution in [0.5, 0.6) is 0 Å². The third kappa shape index (κ3) is 3.30. The summed E-state index contributed by atoms with van der Waals surface area (Å²) >= 11 is 1.60. The molecular weight excluding hydrogens is 349 g/mol. The highest BCUT2D eigenvalue weighted by Gasteiger charge is 2.14. The number of hydrogen-bond donors (Lipinski definition) is 0. The summed E-state index contributed by atoms with van der Waals surface area (Å²) in [6, 6.07) is 14.9. The Kier molecular flexibility index (Phi) is 4.62. The van der Waals surface area contributed by atoms with Gasteiger partial charge in [0.2, 0.25) is 0 Å². The second-order valence-electron chi connectivity index (χ2n) is 5.90. The van der Waals surface area contributed by atoms with E-state index in [1.54, 1.807) is 34.6 Å². The van der Waals surface area contributed by atoms with Gasteiger partial charge >= 0.3 is 0 Å². The molecule has 0 aliphatic carbocycles. The summed E-state index contributed by atoms with van der Waals surface area (Å²) < 4.78 is 15.5. The fourth-order valence-corrected chi connectivity index (χ4v) is 3.70. The van der Waals surface area contributed by atoms with E-state index in [0.29, 0.717) is 16.7 Å². The molecule has 0 fully saturated rings. The topological polar surface area (TPSA) is 56.5 Å². The average Bonchev–Trinajstić information content (AvgIpc) is 3.07. The maximum atomic E-state index is 13.9. The lowest BCUT2D eigenvalue weighted by Crippen LogP contribution is -2.04. The lowest BCUT2D eigenvalue weighted by molar-refractivity contribution is 0.582. The Hall–Kier alpha value is -2.80. The van der Waals surface area contributed by atoms with Gasteiger partial charge < -0.3 is 0 Å². The smallest absolute Gasteiger partial charge is 0.183 e. The first-order valence-electron chi connectivity index (χ1n) is 8.17. The van der Waals surface area contributed by atoms with Crippen LogP contribution in [0.1, 0.15) is 16.7 Å². The van der Waals surface area contributed by atoms with Crippen LogP contribution in [-0.2, 0) is 12.3 Å². The van der Waals surface area contributed by atoms with E-state index in [4.69, 9.17) is 0 Å². The van der Waals surface area contributed by atoms with Crippen LogP contribution in [0.3, 0.4) is 0 Å². The molecule has 0 amide bonds. The molecule has 2 aromatic carbocycles. The van der Waals surface area contributed by atoms with Crippen LogP contribution in [0.4, 0.5) is 4.39 Å². The Morgan fingerprint density at radius 1 is 1.00 bits per heavy atom. The predicted octanol–water partition coefficient (Wildman–Crippen LogP) is 4.01. The van der Waals surface area contributed by atoms with Gasteiger partial charge in [0.05, 0.1) is 6.54 Å². The molecular formula is C19H16FN5S. The molecule has 7 heteroatoms. The van der Waals surface area contributed by atoms with E-state index in [-0.39, 0.29) is 12.4 Å². The highest BCUT2D eigenvalue weighted by molar-refractivity contribution is 7.98. The zero-order valence-electron chi connectivity index (χ0n) is 14.1. The van der Waals surface area contributed by atoms with Crippen LogP contribution in [0, 0.1) is 12.7 Å². The van der Waals surface area contributed by atoms with E-state index in [1.165, 1.54) is 23.5 Å². The molecule has 2 heterocycles. The van der Waals surface area contributed by atoms with Crippen LogP contribution in [0.15, 0.2) is 59.9 Å². The molecule has 2 aromatic heterocycles. The van der Waals surface area contributed by atoms with Crippen molar-refractivity contribution in [2.24, 2.45) is 0 Å². The van der Waals surface area contributed by atoms with E-state index in [9.17, 15) is 4.39 Å². The number of fused-ring (bicyclic) bond motifs is 1. The van der Waals surface area contributed by atoms with Crippen molar-refractivity contribution < 1.29 is 4.39 Å². The molecule has 130 valence electrons. The van der Waals surface area contributed by atoms with E-state index in [2.05, 4.69) is 39.3 Å². The summed E-state index contributed by atoms with van der Waals surface area (Å²) in [5.74, 6) is 0.526. The fraction of sp³-hybridized carbons (Fsp3) is 0.158. The molecule has 4 aromatic rings. The molecule has 5 nitrogen and oxygen atoms in total. The van der Waals surface area contributed by atoms with Crippen molar-refractivity contribution in [1.29, 1.82) is 0 Å². The standard InChI is InChI=1S/C19H16FN5S/c1-13-6-2-3-8-15(13)11-26-19-17-18(21-12-22-19)25(24-23-17)10-14-7-4-5-9-16(14)20/h2-9,12H,10-11H2,1H3. The molecule has 0 atom stereocenters. The number of benzene rings is 2. The Bertz CT molecular complexity index is 1060. The first-order chi connectivity index (χ1) is 12.7. The van der Waals surface area contributed by atoms with Gasteiger partial charge in [-0.2, -0.15) is 0 Å². The number of thioether (sulfide) groups is 1. The highest BCUT2D eigenvalue weighted by Crippen LogP contribution is 2.27. The second kappa shape index (κ2) is 7.21. The molecule has 0 bridgehead atoms. The Morgan fingerprint density at radius 3 is 2.58 bits per heavy atom. The van der Waals surface area contributed by atoms with Gasteiger partial charge in [-0.3, -0.25) is 0 Å². The van der Waals surface area contributed by atoms with E-state index in [0.717, 1.165) is 10.8 Å². The molecule has 0 saturated heterocycles. The maximum absolute atomic E-state index is 13.9. The van der Waals surface area contributed by atoms with Gasteiger partial charge in [0.1, 0.15) is 17.2 Å².